The number of likely N-dealkylation sites (tertiary alicyclic amines) is 1. The largest absolute Gasteiger partial charge is 0.444 e. The Kier molecular flexibility index (Phi) is 5.68. The minimum absolute atomic E-state index is 0.0755. The van der Waals surface area contributed by atoms with E-state index in [9.17, 15) is 4.79 Å². The number of rotatable bonds is 4. The molecule has 2 N–H and O–H groups in total. The highest BCUT2D eigenvalue weighted by Gasteiger charge is 2.30. The molecule has 1 aromatic carbocycles. The van der Waals surface area contributed by atoms with Gasteiger partial charge in [-0.2, -0.15) is 0 Å². The van der Waals surface area contributed by atoms with E-state index in [1.807, 2.05) is 57.0 Å². The van der Waals surface area contributed by atoms with E-state index in [2.05, 4.69) is 20.6 Å². The van der Waals surface area contributed by atoms with Crippen molar-refractivity contribution in [3.63, 3.8) is 0 Å². The second-order valence-corrected chi connectivity index (χ2v) is 7.86. The number of aromatic nitrogens is 2. The Labute approximate surface area is 160 Å². The predicted molar refractivity (Wildman–Crippen MR) is 108 cm³/mol. The lowest BCUT2D eigenvalue weighted by Gasteiger charge is -2.37. The standard InChI is InChI=1S/C20H29N5O2/c1-20(2,3)27-19(26)25-12-8-7-9-14(25)13-22-18-17(21-4)23-15-10-5-6-11-16(15)24-18/h5-6,10-11,14H,7-9,12-13H2,1-4H3,(H,21,23)(H,22,24)/t14-/m0/s1. The molecule has 0 unspecified atom stereocenters. The molecule has 0 saturated carbocycles. The summed E-state index contributed by atoms with van der Waals surface area (Å²) in [6.45, 7) is 7.02. The van der Waals surface area contributed by atoms with Gasteiger partial charge < -0.3 is 20.3 Å². The fraction of sp³-hybridized carbons (Fsp3) is 0.550. The molecule has 146 valence electrons. The fourth-order valence-corrected chi connectivity index (χ4v) is 3.29. The monoisotopic (exact) mass is 371 g/mol. The first-order valence-corrected chi connectivity index (χ1v) is 9.55. The summed E-state index contributed by atoms with van der Waals surface area (Å²) >= 11 is 0. The maximum absolute atomic E-state index is 12.6. The molecule has 1 amide bonds. The van der Waals surface area contributed by atoms with E-state index in [0.29, 0.717) is 18.2 Å². The van der Waals surface area contributed by atoms with Crippen LogP contribution < -0.4 is 10.6 Å². The van der Waals surface area contributed by atoms with Crippen molar-refractivity contribution in [3.05, 3.63) is 24.3 Å². The third-order valence-corrected chi connectivity index (χ3v) is 4.57. The summed E-state index contributed by atoms with van der Waals surface area (Å²) in [4.78, 5) is 23.7. The van der Waals surface area contributed by atoms with Gasteiger partial charge in [-0.3, -0.25) is 0 Å². The van der Waals surface area contributed by atoms with Crippen LogP contribution in [0.4, 0.5) is 16.4 Å². The highest BCUT2D eigenvalue weighted by atomic mass is 16.6. The van der Waals surface area contributed by atoms with Gasteiger partial charge in [0.15, 0.2) is 11.6 Å². The van der Waals surface area contributed by atoms with Crippen LogP contribution in [0.2, 0.25) is 0 Å². The molecule has 0 radical (unpaired) electrons. The lowest BCUT2D eigenvalue weighted by atomic mass is 10.0. The number of hydrogen-bond acceptors (Lipinski definition) is 6. The van der Waals surface area contributed by atoms with Gasteiger partial charge in [0.05, 0.1) is 17.1 Å². The second kappa shape index (κ2) is 7.98. The lowest BCUT2D eigenvalue weighted by molar-refractivity contribution is 0.0114. The number of benzene rings is 1. The van der Waals surface area contributed by atoms with Crippen LogP contribution in [0.25, 0.3) is 11.0 Å². The molecular formula is C20H29N5O2. The zero-order valence-electron chi connectivity index (χ0n) is 16.6. The van der Waals surface area contributed by atoms with Crippen LogP contribution in [0.1, 0.15) is 40.0 Å². The number of fused-ring (bicyclic) bond motifs is 1. The minimum Gasteiger partial charge on any atom is -0.444 e. The number of nitrogens with one attached hydrogen (secondary N) is 2. The van der Waals surface area contributed by atoms with Crippen LogP contribution in [0.5, 0.6) is 0 Å². The molecule has 2 heterocycles. The Balaban J connectivity index is 1.74. The Morgan fingerprint density at radius 2 is 1.85 bits per heavy atom. The smallest absolute Gasteiger partial charge is 0.410 e. The third kappa shape index (κ3) is 4.78. The van der Waals surface area contributed by atoms with E-state index in [4.69, 9.17) is 4.74 Å². The molecule has 1 aliphatic rings. The quantitative estimate of drug-likeness (QED) is 0.849. The molecule has 7 nitrogen and oxygen atoms in total. The zero-order valence-corrected chi connectivity index (χ0v) is 16.6. The van der Waals surface area contributed by atoms with Crippen LogP contribution in [0, 0.1) is 0 Å². The van der Waals surface area contributed by atoms with Crippen molar-refractivity contribution >= 4 is 28.8 Å². The van der Waals surface area contributed by atoms with Gasteiger partial charge >= 0.3 is 6.09 Å². The Morgan fingerprint density at radius 1 is 1.19 bits per heavy atom. The maximum atomic E-state index is 12.6. The minimum atomic E-state index is -0.490. The molecule has 1 aromatic heterocycles. The van der Waals surface area contributed by atoms with Gasteiger partial charge in [0.1, 0.15) is 5.60 Å². The van der Waals surface area contributed by atoms with Gasteiger partial charge in [-0.05, 0) is 52.2 Å². The number of amides is 1. The van der Waals surface area contributed by atoms with E-state index >= 15 is 0 Å². The lowest BCUT2D eigenvalue weighted by Crippen LogP contribution is -2.49. The SMILES string of the molecule is CNc1nc2ccccc2nc1NC[C@@H]1CCCCN1C(=O)OC(C)(C)C. The molecule has 3 rings (SSSR count). The molecule has 0 bridgehead atoms. The molecule has 1 saturated heterocycles. The third-order valence-electron chi connectivity index (χ3n) is 4.57. The van der Waals surface area contributed by atoms with Crippen molar-refractivity contribution in [3.8, 4) is 0 Å². The van der Waals surface area contributed by atoms with Crippen LogP contribution in [-0.2, 0) is 4.74 Å². The Hall–Kier alpha value is -2.57. The Bertz CT molecular complexity index is 803. The molecule has 0 spiro atoms. The normalized spacial score (nSPS) is 17.6. The number of ether oxygens (including phenoxy) is 1. The summed E-state index contributed by atoms with van der Waals surface area (Å²) in [5, 5.41) is 6.49. The molecule has 1 fully saturated rings. The number of piperidine rings is 1. The molecule has 0 aliphatic carbocycles. The van der Waals surface area contributed by atoms with E-state index in [-0.39, 0.29) is 12.1 Å². The Morgan fingerprint density at radius 3 is 2.48 bits per heavy atom. The number of nitrogens with zero attached hydrogens (tertiary/aromatic N) is 3. The highest BCUT2D eigenvalue weighted by Crippen LogP contribution is 2.24. The first-order chi connectivity index (χ1) is 12.9. The van der Waals surface area contributed by atoms with Gasteiger partial charge in [0.2, 0.25) is 0 Å². The molecule has 1 atom stereocenters. The van der Waals surface area contributed by atoms with Crippen molar-refractivity contribution in [2.75, 3.05) is 30.8 Å². The number of hydrogen-bond donors (Lipinski definition) is 2. The van der Waals surface area contributed by atoms with Crippen LogP contribution >= 0.6 is 0 Å². The average Bonchev–Trinajstić information content (AvgIpc) is 2.64. The maximum Gasteiger partial charge on any atom is 0.410 e. The van der Waals surface area contributed by atoms with Crippen molar-refractivity contribution in [1.29, 1.82) is 0 Å². The molecule has 2 aromatic rings. The first kappa shape index (κ1) is 19.2. The van der Waals surface area contributed by atoms with Crippen LogP contribution in [0.15, 0.2) is 24.3 Å². The fourth-order valence-electron chi connectivity index (χ4n) is 3.29. The first-order valence-electron chi connectivity index (χ1n) is 9.55. The molecule has 1 aliphatic heterocycles. The topological polar surface area (TPSA) is 79.4 Å². The van der Waals surface area contributed by atoms with E-state index < -0.39 is 5.60 Å². The van der Waals surface area contributed by atoms with E-state index in [1.165, 1.54) is 0 Å². The molecule has 7 heteroatoms. The van der Waals surface area contributed by atoms with E-state index in [1.54, 1.807) is 0 Å². The number of para-hydroxylation sites is 2. The summed E-state index contributed by atoms with van der Waals surface area (Å²) < 4.78 is 5.58. The summed E-state index contributed by atoms with van der Waals surface area (Å²) in [5.41, 5.74) is 1.20. The number of carbonyl (C=O) groups excluding carboxylic acids is 1. The molecular weight excluding hydrogens is 342 g/mol. The van der Waals surface area contributed by atoms with E-state index in [0.717, 1.165) is 36.8 Å². The van der Waals surface area contributed by atoms with Crippen LogP contribution in [-0.4, -0.2) is 52.7 Å². The summed E-state index contributed by atoms with van der Waals surface area (Å²) in [7, 11) is 1.83. The summed E-state index contributed by atoms with van der Waals surface area (Å²) in [5.74, 6) is 1.40. The number of carbonyl (C=O) groups is 1. The van der Waals surface area contributed by atoms with Crippen molar-refractivity contribution in [1.82, 2.24) is 14.9 Å². The van der Waals surface area contributed by atoms with Crippen molar-refractivity contribution in [2.24, 2.45) is 0 Å². The average molecular weight is 371 g/mol. The predicted octanol–water partition coefficient (Wildman–Crippen LogP) is 3.87. The van der Waals surface area contributed by atoms with Crippen LogP contribution in [0.3, 0.4) is 0 Å². The number of anilines is 2. The summed E-state index contributed by atoms with van der Waals surface area (Å²) in [6, 6.07) is 7.86. The van der Waals surface area contributed by atoms with Crippen molar-refractivity contribution in [2.45, 2.75) is 51.7 Å². The zero-order chi connectivity index (χ0) is 19.4. The molecule has 27 heavy (non-hydrogen) atoms. The van der Waals surface area contributed by atoms with Crippen molar-refractivity contribution < 1.29 is 9.53 Å². The van der Waals surface area contributed by atoms with Gasteiger partial charge in [-0.1, -0.05) is 12.1 Å². The van der Waals surface area contributed by atoms with Gasteiger partial charge in [0, 0.05) is 20.1 Å². The van der Waals surface area contributed by atoms with Gasteiger partial charge in [-0.15, -0.1) is 0 Å². The van der Waals surface area contributed by atoms with Gasteiger partial charge in [0.25, 0.3) is 0 Å². The van der Waals surface area contributed by atoms with Gasteiger partial charge in [-0.25, -0.2) is 14.8 Å². The summed E-state index contributed by atoms with van der Waals surface area (Å²) in [6.07, 6.45) is 2.82. The second-order valence-electron chi connectivity index (χ2n) is 7.86. The highest BCUT2D eigenvalue weighted by molar-refractivity contribution is 5.80.